The Balaban J connectivity index is 1.65. The van der Waals surface area contributed by atoms with Gasteiger partial charge in [-0.1, -0.05) is 12.1 Å². The molecule has 0 N–H and O–H groups in total. The maximum absolute atomic E-state index is 13.3. The van der Waals surface area contributed by atoms with Gasteiger partial charge in [-0.3, -0.25) is 14.2 Å². The molecule has 1 amide bonds. The summed E-state index contributed by atoms with van der Waals surface area (Å²) in [7, 11) is 5.20. The zero-order chi connectivity index (χ0) is 22.5. The van der Waals surface area contributed by atoms with E-state index >= 15 is 0 Å². The largest absolute Gasteiger partial charge is 0.435 e. The van der Waals surface area contributed by atoms with Gasteiger partial charge in [0.25, 0.3) is 0 Å². The van der Waals surface area contributed by atoms with Crippen LogP contribution in [0.2, 0.25) is 0 Å². The quantitative estimate of drug-likeness (QED) is 0.636. The first kappa shape index (κ1) is 21.0. The van der Waals surface area contributed by atoms with Gasteiger partial charge in [-0.2, -0.15) is 23.4 Å². The lowest BCUT2D eigenvalue weighted by Crippen LogP contribution is -2.34. The molecular weight excluding hydrogens is 409 g/mol. The summed E-state index contributed by atoms with van der Waals surface area (Å²) in [6, 6.07) is 6.81. The van der Waals surface area contributed by atoms with Gasteiger partial charge in [-0.05, 0) is 17.7 Å². The first-order chi connectivity index (χ1) is 14.6. The van der Waals surface area contributed by atoms with Crippen LogP contribution in [0.4, 0.5) is 24.7 Å². The molecule has 3 aromatic rings. The second kappa shape index (κ2) is 7.44. The summed E-state index contributed by atoms with van der Waals surface area (Å²) < 4.78 is 42.9. The molecule has 10 heteroatoms. The second-order valence-electron chi connectivity index (χ2n) is 7.73. The highest BCUT2D eigenvalue weighted by atomic mass is 19.4. The molecule has 0 saturated heterocycles. The van der Waals surface area contributed by atoms with Crippen molar-refractivity contribution >= 4 is 17.4 Å². The fourth-order valence-corrected chi connectivity index (χ4v) is 4.01. The van der Waals surface area contributed by atoms with Gasteiger partial charge in [0, 0.05) is 69.7 Å². The highest BCUT2D eigenvalue weighted by molar-refractivity contribution is 5.75. The molecular formula is C21H23F3N6O. The molecule has 31 heavy (non-hydrogen) atoms. The number of amides is 1. The normalized spacial score (nSPS) is 14.0. The summed E-state index contributed by atoms with van der Waals surface area (Å²) in [4.78, 5) is 15.5. The van der Waals surface area contributed by atoms with Gasteiger partial charge in [0.05, 0.1) is 6.54 Å². The fraction of sp³-hybridized carbons (Fsp3) is 0.381. The summed E-state index contributed by atoms with van der Waals surface area (Å²) in [6.45, 7) is 2.70. The van der Waals surface area contributed by atoms with Crippen molar-refractivity contribution in [3.63, 3.8) is 0 Å². The topological polar surface area (TPSA) is 59.2 Å². The molecule has 1 aliphatic heterocycles. The van der Waals surface area contributed by atoms with Crippen LogP contribution in [-0.4, -0.2) is 44.0 Å². The summed E-state index contributed by atoms with van der Waals surface area (Å²) in [6.07, 6.45) is -2.43. The number of benzene rings is 1. The maximum Gasteiger partial charge on any atom is 0.435 e. The number of aromatic nitrogens is 4. The average molecular weight is 432 g/mol. The Morgan fingerprint density at radius 3 is 2.42 bits per heavy atom. The Kier molecular flexibility index (Phi) is 5.03. The number of halogens is 3. The van der Waals surface area contributed by atoms with Crippen LogP contribution < -0.4 is 4.90 Å². The van der Waals surface area contributed by atoms with Crippen LogP contribution in [0.5, 0.6) is 0 Å². The lowest BCUT2D eigenvalue weighted by Gasteiger charge is -2.28. The van der Waals surface area contributed by atoms with E-state index in [-0.39, 0.29) is 11.5 Å². The van der Waals surface area contributed by atoms with Crippen molar-refractivity contribution in [3.05, 3.63) is 47.4 Å². The van der Waals surface area contributed by atoms with Gasteiger partial charge in [0.2, 0.25) is 5.91 Å². The van der Waals surface area contributed by atoms with Crippen molar-refractivity contribution in [1.82, 2.24) is 24.5 Å². The van der Waals surface area contributed by atoms with Crippen LogP contribution in [-0.2, 0) is 38.0 Å². The number of carbonyl (C=O) groups excluding carboxylic acids is 1. The van der Waals surface area contributed by atoms with Gasteiger partial charge in [0.1, 0.15) is 0 Å². The predicted octanol–water partition coefficient (Wildman–Crippen LogP) is 3.51. The smallest absolute Gasteiger partial charge is 0.338 e. The molecule has 0 aliphatic carbocycles. The van der Waals surface area contributed by atoms with E-state index in [9.17, 15) is 18.0 Å². The lowest BCUT2D eigenvalue weighted by atomic mass is 10.0. The molecule has 164 valence electrons. The zero-order valence-electron chi connectivity index (χ0n) is 17.7. The number of anilines is 2. The molecule has 3 heterocycles. The highest BCUT2D eigenvalue weighted by Crippen LogP contribution is 2.37. The molecule has 0 bridgehead atoms. The van der Waals surface area contributed by atoms with Crippen molar-refractivity contribution in [3.8, 4) is 11.1 Å². The van der Waals surface area contributed by atoms with Gasteiger partial charge in [-0.15, -0.1) is 0 Å². The molecule has 2 aromatic heterocycles. The third kappa shape index (κ3) is 3.77. The number of rotatable bonds is 3. The average Bonchev–Trinajstić information content (AvgIpc) is 3.27. The van der Waals surface area contributed by atoms with Crippen molar-refractivity contribution in [1.29, 1.82) is 0 Å². The van der Waals surface area contributed by atoms with Crippen molar-refractivity contribution < 1.29 is 18.0 Å². The molecule has 4 rings (SSSR count). The highest BCUT2D eigenvalue weighted by Gasteiger charge is 2.37. The standard InChI is InChI=1S/C21H23F3N6O/c1-13(31)30-10-9-18-17(12-30)20(26-29(18)4)28(3)15-7-5-14(6-8-15)16-11-27(2)25-19(16)21(22,23)24/h5-8,11H,9-10,12H2,1-4H3. The minimum absolute atomic E-state index is 0.0180. The number of carbonyl (C=O) groups is 1. The van der Waals surface area contributed by atoms with E-state index in [0.717, 1.165) is 29.2 Å². The number of nitrogens with zero attached hydrogens (tertiary/aromatic N) is 6. The molecule has 0 unspecified atom stereocenters. The van der Waals surface area contributed by atoms with Crippen molar-refractivity contribution in [2.24, 2.45) is 14.1 Å². The van der Waals surface area contributed by atoms with Crippen LogP contribution in [0.15, 0.2) is 30.5 Å². The van der Waals surface area contributed by atoms with Crippen LogP contribution in [0, 0.1) is 0 Å². The number of aryl methyl sites for hydroxylation is 2. The van der Waals surface area contributed by atoms with Crippen molar-refractivity contribution in [2.45, 2.75) is 26.1 Å². The number of fused-ring (bicyclic) bond motifs is 1. The number of hydrogen-bond donors (Lipinski definition) is 0. The van der Waals surface area contributed by atoms with E-state index < -0.39 is 11.9 Å². The molecule has 0 radical (unpaired) electrons. The Labute approximate surface area is 177 Å². The van der Waals surface area contributed by atoms with Crippen LogP contribution >= 0.6 is 0 Å². The Bertz CT molecular complexity index is 1130. The van der Waals surface area contributed by atoms with Gasteiger partial charge >= 0.3 is 6.18 Å². The van der Waals surface area contributed by atoms with E-state index in [2.05, 4.69) is 10.2 Å². The Morgan fingerprint density at radius 2 is 1.81 bits per heavy atom. The third-order valence-corrected chi connectivity index (χ3v) is 5.65. The maximum atomic E-state index is 13.3. The van der Waals surface area contributed by atoms with Gasteiger partial charge < -0.3 is 9.80 Å². The van der Waals surface area contributed by atoms with Crippen LogP contribution in [0.25, 0.3) is 11.1 Å². The fourth-order valence-electron chi connectivity index (χ4n) is 4.01. The monoisotopic (exact) mass is 432 g/mol. The van der Waals surface area contributed by atoms with Crippen LogP contribution in [0.1, 0.15) is 23.9 Å². The minimum Gasteiger partial charge on any atom is -0.338 e. The van der Waals surface area contributed by atoms with E-state index in [0.29, 0.717) is 18.7 Å². The summed E-state index contributed by atoms with van der Waals surface area (Å²) in [5.41, 5.74) is 2.42. The molecule has 1 aromatic carbocycles. The SMILES string of the molecule is CC(=O)N1CCc2c(c(N(C)c3ccc(-c4cn(C)nc4C(F)(F)F)cc3)nn2C)C1. The third-order valence-electron chi connectivity index (χ3n) is 5.65. The van der Waals surface area contributed by atoms with Crippen molar-refractivity contribution in [2.75, 3.05) is 18.5 Å². The van der Waals surface area contributed by atoms with Crippen LogP contribution in [0.3, 0.4) is 0 Å². The summed E-state index contributed by atoms with van der Waals surface area (Å²) >= 11 is 0. The molecule has 1 aliphatic rings. The Morgan fingerprint density at radius 1 is 1.13 bits per heavy atom. The summed E-state index contributed by atoms with van der Waals surface area (Å²) in [5.74, 6) is 0.748. The Hall–Kier alpha value is -3.30. The molecule has 7 nitrogen and oxygen atoms in total. The second-order valence-corrected chi connectivity index (χ2v) is 7.73. The minimum atomic E-state index is -4.53. The predicted molar refractivity (Wildman–Crippen MR) is 110 cm³/mol. The molecule has 0 saturated carbocycles. The summed E-state index contributed by atoms with van der Waals surface area (Å²) in [5, 5.41) is 8.21. The molecule has 0 atom stereocenters. The molecule has 0 fully saturated rings. The molecule has 0 spiro atoms. The van der Waals surface area contributed by atoms with E-state index in [1.165, 1.54) is 17.9 Å². The van der Waals surface area contributed by atoms with E-state index in [1.54, 1.807) is 36.1 Å². The lowest BCUT2D eigenvalue weighted by molar-refractivity contribution is -0.141. The van der Waals surface area contributed by atoms with Gasteiger partial charge in [0.15, 0.2) is 11.5 Å². The number of hydrogen-bond acceptors (Lipinski definition) is 4. The first-order valence-electron chi connectivity index (χ1n) is 9.81. The van der Waals surface area contributed by atoms with E-state index in [4.69, 9.17) is 0 Å². The van der Waals surface area contributed by atoms with E-state index in [1.807, 2.05) is 23.7 Å². The first-order valence-corrected chi connectivity index (χ1v) is 9.81. The number of alkyl halides is 3. The van der Waals surface area contributed by atoms with Gasteiger partial charge in [-0.25, -0.2) is 0 Å². The zero-order valence-corrected chi connectivity index (χ0v) is 17.7.